The Balaban J connectivity index is 0. The molecule has 0 saturated carbocycles. The zero-order chi connectivity index (χ0) is 9.68. The van der Waals surface area contributed by atoms with Gasteiger partial charge in [0, 0.05) is 0 Å². The third-order valence-electron chi connectivity index (χ3n) is 1.96. The van der Waals surface area contributed by atoms with E-state index in [2.05, 4.69) is 0 Å². The molecular weight excluding hydrogens is 189 g/mol. The smallest absolute Gasteiger partial charge is 1.00 e. The zero-order valence-corrected chi connectivity index (χ0v) is 10.3. The van der Waals surface area contributed by atoms with E-state index in [-0.39, 0.29) is 31.0 Å². The number of carboxylic acid groups (broad SMARTS) is 1. The minimum absolute atomic E-state index is 0. The number of nitrogens with two attached hydrogens (primary N) is 1. The van der Waals surface area contributed by atoms with Gasteiger partial charge in [0.05, 0.1) is 5.92 Å². The first-order chi connectivity index (χ1) is 6.25. The second-order valence-corrected chi connectivity index (χ2v) is 2.88. The molecule has 0 aliphatic rings. The van der Waals surface area contributed by atoms with Gasteiger partial charge in [0.15, 0.2) is 0 Å². The third-order valence-corrected chi connectivity index (χ3v) is 1.96. The molecule has 14 heavy (non-hydrogen) atoms. The van der Waals surface area contributed by atoms with Crippen LogP contribution in [-0.2, 0) is 4.79 Å². The summed E-state index contributed by atoms with van der Waals surface area (Å²) in [6.07, 6.45) is 0.485. The van der Waals surface area contributed by atoms with Crippen molar-refractivity contribution in [3.05, 3.63) is 35.9 Å². The summed E-state index contributed by atoms with van der Waals surface area (Å²) in [5, 5.41) is 8.90. The molecule has 0 saturated heterocycles. The van der Waals surface area contributed by atoms with Crippen molar-refractivity contribution in [2.75, 3.05) is 6.54 Å². The summed E-state index contributed by atoms with van der Waals surface area (Å²) in [6, 6.07) is 9.16. The second kappa shape index (κ2) is 7.01. The first kappa shape index (κ1) is 13.7. The maximum absolute atomic E-state index is 10.8. The SMILES string of the molecule is NCCC(C(=O)O)c1ccccc1.[H-].[Na+]. The van der Waals surface area contributed by atoms with Crippen molar-refractivity contribution in [3.63, 3.8) is 0 Å². The Morgan fingerprint density at radius 2 is 2.00 bits per heavy atom. The van der Waals surface area contributed by atoms with Crippen LogP contribution >= 0.6 is 0 Å². The Kier molecular flexibility index (Phi) is 6.83. The van der Waals surface area contributed by atoms with Crippen LogP contribution in [0.2, 0.25) is 0 Å². The zero-order valence-electron chi connectivity index (χ0n) is 9.31. The van der Waals surface area contributed by atoms with Gasteiger partial charge in [0.25, 0.3) is 0 Å². The number of benzene rings is 1. The summed E-state index contributed by atoms with van der Waals surface area (Å²) in [7, 11) is 0. The van der Waals surface area contributed by atoms with Gasteiger partial charge in [-0.25, -0.2) is 0 Å². The summed E-state index contributed by atoms with van der Waals surface area (Å²) in [6.45, 7) is 0.395. The molecule has 0 heterocycles. The van der Waals surface area contributed by atoms with Gasteiger partial charge in [0.2, 0.25) is 0 Å². The molecule has 0 spiro atoms. The molecule has 3 nitrogen and oxygen atoms in total. The predicted molar refractivity (Wildman–Crippen MR) is 51.6 cm³/mol. The van der Waals surface area contributed by atoms with E-state index in [1.807, 2.05) is 30.3 Å². The summed E-state index contributed by atoms with van der Waals surface area (Å²) in [4.78, 5) is 10.8. The molecule has 0 radical (unpaired) electrons. The van der Waals surface area contributed by atoms with Crippen LogP contribution in [0.5, 0.6) is 0 Å². The van der Waals surface area contributed by atoms with E-state index in [1.54, 1.807) is 0 Å². The summed E-state index contributed by atoms with van der Waals surface area (Å²) in [5.74, 6) is -1.28. The number of rotatable bonds is 4. The topological polar surface area (TPSA) is 63.3 Å². The van der Waals surface area contributed by atoms with E-state index < -0.39 is 11.9 Å². The summed E-state index contributed by atoms with van der Waals surface area (Å²) in [5.41, 5.74) is 6.16. The molecule has 1 atom stereocenters. The Morgan fingerprint density at radius 1 is 1.43 bits per heavy atom. The van der Waals surface area contributed by atoms with Gasteiger partial charge in [-0.15, -0.1) is 0 Å². The van der Waals surface area contributed by atoms with Crippen molar-refractivity contribution in [1.29, 1.82) is 0 Å². The molecule has 1 aromatic carbocycles. The molecule has 0 aromatic heterocycles. The molecule has 0 fully saturated rings. The number of hydrogen-bond donors (Lipinski definition) is 2. The minimum atomic E-state index is -0.809. The monoisotopic (exact) mass is 203 g/mol. The van der Waals surface area contributed by atoms with Crippen LogP contribution in [0.1, 0.15) is 19.3 Å². The molecule has 0 bridgehead atoms. The van der Waals surface area contributed by atoms with Crippen LogP contribution in [0.25, 0.3) is 0 Å². The van der Waals surface area contributed by atoms with Crippen molar-refractivity contribution < 1.29 is 40.9 Å². The number of aliphatic carboxylic acids is 1. The van der Waals surface area contributed by atoms with Gasteiger partial charge >= 0.3 is 35.5 Å². The minimum Gasteiger partial charge on any atom is -1.00 e. The van der Waals surface area contributed by atoms with Crippen LogP contribution in [0.3, 0.4) is 0 Å². The second-order valence-electron chi connectivity index (χ2n) is 2.88. The fourth-order valence-electron chi connectivity index (χ4n) is 1.28. The van der Waals surface area contributed by atoms with E-state index in [0.29, 0.717) is 13.0 Å². The molecule has 3 N–H and O–H groups in total. The van der Waals surface area contributed by atoms with Gasteiger partial charge in [-0.1, -0.05) is 30.3 Å². The Bertz CT molecular complexity index is 282. The van der Waals surface area contributed by atoms with Crippen LogP contribution in [0.15, 0.2) is 30.3 Å². The van der Waals surface area contributed by atoms with Gasteiger partial charge < -0.3 is 12.3 Å². The van der Waals surface area contributed by atoms with Crippen molar-refractivity contribution in [3.8, 4) is 0 Å². The maximum atomic E-state index is 10.8. The van der Waals surface area contributed by atoms with Crippen molar-refractivity contribution >= 4 is 5.97 Å². The molecule has 0 aliphatic heterocycles. The van der Waals surface area contributed by atoms with Crippen LogP contribution < -0.4 is 35.3 Å². The van der Waals surface area contributed by atoms with Crippen molar-refractivity contribution in [2.45, 2.75) is 12.3 Å². The quantitative estimate of drug-likeness (QED) is 0.574. The van der Waals surface area contributed by atoms with E-state index in [1.165, 1.54) is 0 Å². The van der Waals surface area contributed by atoms with Gasteiger partial charge in [-0.05, 0) is 18.5 Å². The molecule has 72 valence electrons. The van der Waals surface area contributed by atoms with E-state index in [0.717, 1.165) is 5.56 Å². The van der Waals surface area contributed by atoms with Crippen LogP contribution in [-0.4, -0.2) is 17.6 Å². The average molecular weight is 203 g/mol. The van der Waals surface area contributed by atoms with Crippen LogP contribution in [0.4, 0.5) is 0 Å². The molecular formula is C10H14NNaO2. The fraction of sp³-hybridized carbons (Fsp3) is 0.300. The summed E-state index contributed by atoms with van der Waals surface area (Å²) < 4.78 is 0. The van der Waals surface area contributed by atoms with Gasteiger partial charge in [0.1, 0.15) is 0 Å². The fourth-order valence-corrected chi connectivity index (χ4v) is 1.28. The van der Waals surface area contributed by atoms with Crippen LogP contribution in [0, 0.1) is 0 Å². The molecule has 0 aliphatic carbocycles. The van der Waals surface area contributed by atoms with E-state index >= 15 is 0 Å². The molecule has 1 rings (SSSR count). The largest absolute Gasteiger partial charge is 1.00 e. The Labute approximate surface area is 107 Å². The Morgan fingerprint density at radius 3 is 2.43 bits per heavy atom. The molecule has 1 unspecified atom stereocenters. The normalized spacial score (nSPS) is 11.5. The number of carboxylic acids is 1. The molecule has 0 amide bonds. The summed E-state index contributed by atoms with van der Waals surface area (Å²) >= 11 is 0. The first-order valence-corrected chi connectivity index (χ1v) is 4.23. The van der Waals surface area contributed by atoms with Gasteiger partial charge in [-0.3, -0.25) is 4.79 Å². The average Bonchev–Trinajstić information content (AvgIpc) is 2.15. The van der Waals surface area contributed by atoms with Crippen molar-refractivity contribution in [2.24, 2.45) is 5.73 Å². The van der Waals surface area contributed by atoms with Crippen molar-refractivity contribution in [1.82, 2.24) is 0 Å². The van der Waals surface area contributed by atoms with E-state index in [9.17, 15) is 4.79 Å². The predicted octanol–water partition coefficient (Wildman–Crippen LogP) is -1.68. The molecule has 1 aromatic rings. The first-order valence-electron chi connectivity index (χ1n) is 4.23. The van der Waals surface area contributed by atoms with E-state index in [4.69, 9.17) is 10.8 Å². The Hall–Kier alpha value is -0.350. The third kappa shape index (κ3) is 3.80. The molecule has 4 heteroatoms. The number of hydrogen-bond acceptors (Lipinski definition) is 2. The number of carbonyl (C=O) groups is 1. The van der Waals surface area contributed by atoms with Gasteiger partial charge in [-0.2, -0.15) is 0 Å². The standard InChI is InChI=1S/C10H13NO2.Na.H/c11-7-6-9(10(12)13)8-4-2-1-3-5-8;;/h1-5,9H,6-7,11H2,(H,12,13);;/q;+1;-1. The maximum Gasteiger partial charge on any atom is 1.00 e.